The van der Waals surface area contributed by atoms with Crippen molar-refractivity contribution in [3.8, 4) is 0 Å². The van der Waals surface area contributed by atoms with Gasteiger partial charge < -0.3 is 19.6 Å². The molecule has 1 fully saturated rings. The summed E-state index contributed by atoms with van der Waals surface area (Å²) < 4.78 is 5.11. The van der Waals surface area contributed by atoms with Crippen molar-refractivity contribution in [2.24, 2.45) is 11.8 Å². The number of amides is 1. The Morgan fingerprint density at radius 2 is 2.26 bits per heavy atom. The van der Waals surface area contributed by atoms with Crippen molar-refractivity contribution in [2.75, 3.05) is 53.6 Å². The number of thiazole rings is 1. The van der Waals surface area contributed by atoms with Crippen molar-refractivity contribution in [1.29, 1.82) is 0 Å². The lowest BCUT2D eigenvalue weighted by Gasteiger charge is -2.38. The van der Waals surface area contributed by atoms with Crippen LogP contribution in [0.5, 0.6) is 0 Å². The molecule has 0 aliphatic carbocycles. The monoisotopic (exact) mass is 341 g/mol. The minimum Gasteiger partial charge on any atom is -0.396 e. The van der Waals surface area contributed by atoms with Gasteiger partial charge in [-0.1, -0.05) is 0 Å². The van der Waals surface area contributed by atoms with Gasteiger partial charge in [0.05, 0.1) is 11.6 Å². The highest BCUT2D eigenvalue weighted by Gasteiger charge is 2.31. The van der Waals surface area contributed by atoms with E-state index in [0.29, 0.717) is 24.8 Å². The Morgan fingerprint density at radius 1 is 1.52 bits per heavy atom. The number of ether oxygens (including phenoxy) is 1. The summed E-state index contributed by atoms with van der Waals surface area (Å²) in [4.78, 5) is 21.0. The number of aryl methyl sites for hydroxylation is 1. The van der Waals surface area contributed by atoms with E-state index >= 15 is 0 Å². The smallest absolute Gasteiger partial charge is 0.273 e. The van der Waals surface area contributed by atoms with E-state index in [1.165, 1.54) is 11.3 Å². The predicted octanol–water partition coefficient (Wildman–Crippen LogP) is 1.10. The summed E-state index contributed by atoms with van der Waals surface area (Å²) in [5.74, 6) is 0.497. The number of aromatic nitrogens is 1. The molecule has 0 saturated carbocycles. The molecule has 2 heterocycles. The Labute approximate surface area is 142 Å². The summed E-state index contributed by atoms with van der Waals surface area (Å²) in [6, 6.07) is 0. The number of likely N-dealkylation sites (N-methyl/N-ethyl adjacent to an activating group) is 1. The molecule has 1 amide bonds. The molecule has 0 bridgehead atoms. The van der Waals surface area contributed by atoms with Crippen LogP contribution in [0.2, 0.25) is 0 Å². The van der Waals surface area contributed by atoms with Gasteiger partial charge >= 0.3 is 0 Å². The summed E-state index contributed by atoms with van der Waals surface area (Å²) >= 11 is 1.49. The fourth-order valence-corrected chi connectivity index (χ4v) is 3.74. The van der Waals surface area contributed by atoms with Gasteiger partial charge in [0.25, 0.3) is 5.91 Å². The largest absolute Gasteiger partial charge is 0.396 e. The molecule has 1 saturated heterocycles. The van der Waals surface area contributed by atoms with Gasteiger partial charge in [-0.2, -0.15) is 0 Å². The molecular formula is C16H27N3O3S. The molecule has 1 aliphatic rings. The third-order valence-electron chi connectivity index (χ3n) is 4.25. The standard InChI is InChI=1S/C16H27N3O3S/c1-12-17-15(11-23-12)16(21)19-8-13(6-14(9-19)10-20)7-18(2)4-5-22-3/h11,13-14,20H,4-10H2,1-3H3/t13-,14+/m1/s1. The first-order valence-corrected chi connectivity index (χ1v) is 8.91. The number of carbonyl (C=O) groups is 1. The summed E-state index contributed by atoms with van der Waals surface area (Å²) in [6.45, 7) is 5.84. The molecule has 6 nitrogen and oxygen atoms in total. The molecule has 1 aromatic rings. The molecule has 1 aromatic heterocycles. The van der Waals surface area contributed by atoms with Gasteiger partial charge in [-0.05, 0) is 32.2 Å². The molecule has 0 aromatic carbocycles. The summed E-state index contributed by atoms with van der Waals surface area (Å²) in [5.41, 5.74) is 0.526. The second-order valence-corrected chi connectivity index (χ2v) is 7.43. The average molecular weight is 341 g/mol. The number of methoxy groups -OCH3 is 1. The molecule has 7 heteroatoms. The highest BCUT2D eigenvalue weighted by Crippen LogP contribution is 2.24. The van der Waals surface area contributed by atoms with E-state index in [1.807, 2.05) is 17.2 Å². The van der Waals surface area contributed by atoms with Crippen molar-refractivity contribution in [2.45, 2.75) is 13.3 Å². The number of aliphatic hydroxyl groups excluding tert-OH is 1. The van der Waals surface area contributed by atoms with Crippen molar-refractivity contribution in [1.82, 2.24) is 14.8 Å². The number of hydrogen-bond donors (Lipinski definition) is 1. The normalized spacial score (nSPS) is 21.9. The third-order valence-corrected chi connectivity index (χ3v) is 5.03. The van der Waals surface area contributed by atoms with Crippen molar-refractivity contribution >= 4 is 17.2 Å². The van der Waals surface area contributed by atoms with E-state index in [1.54, 1.807) is 7.11 Å². The SMILES string of the molecule is COCCN(C)C[C@H]1C[C@H](CO)CN(C(=O)c2csc(C)n2)C1. The van der Waals surface area contributed by atoms with E-state index in [2.05, 4.69) is 16.9 Å². The second-order valence-electron chi connectivity index (χ2n) is 6.37. The summed E-state index contributed by atoms with van der Waals surface area (Å²) in [7, 11) is 3.77. The maximum atomic E-state index is 12.6. The molecule has 1 aliphatic heterocycles. The van der Waals surface area contributed by atoms with Gasteiger partial charge in [-0.3, -0.25) is 4.79 Å². The number of rotatable bonds is 7. The van der Waals surface area contributed by atoms with Gasteiger partial charge in [-0.25, -0.2) is 4.98 Å². The zero-order chi connectivity index (χ0) is 16.8. The van der Waals surface area contributed by atoms with E-state index in [4.69, 9.17) is 4.74 Å². The molecular weight excluding hydrogens is 314 g/mol. The highest BCUT2D eigenvalue weighted by atomic mass is 32.1. The van der Waals surface area contributed by atoms with Crippen LogP contribution in [0.4, 0.5) is 0 Å². The van der Waals surface area contributed by atoms with E-state index in [9.17, 15) is 9.90 Å². The lowest BCUT2D eigenvalue weighted by atomic mass is 9.89. The quantitative estimate of drug-likeness (QED) is 0.804. The minimum atomic E-state index is -0.0166. The molecule has 1 N–H and O–H groups in total. The first-order chi connectivity index (χ1) is 11.0. The van der Waals surface area contributed by atoms with Crippen molar-refractivity contribution in [3.05, 3.63) is 16.1 Å². The average Bonchev–Trinajstić information content (AvgIpc) is 2.98. The van der Waals surface area contributed by atoms with Crippen molar-refractivity contribution in [3.63, 3.8) is 0 Å². The van der Waals surface area contributed by atoms with Crippen LogP contribution in [-0.4, -0.2) is 79.3 Å². The Morgan fingerprint density at radius 3 is 2.87 bits per heavy atom. The molecule has 23 heavy (non-hydrogen) atoms. The fraction of sp³-hybridized carbons (Fsp3) is 0.750. The van der Waals surface area contributed by atoms with Crippen LogP contribution in [0.15, 0.2) is 5.38 Å². The molecule has 2 rings (SSSR count). The van der Waals surface area contributed by atoms with Crippen LogP contribution >= 0.6 is 11.3 Å². The van der Waals surface area contributed by atoms with Crippen LogP contribution in [0.3, 0.4) is 0 Å². The Hall–Kier alpha value is -1.02. The zero-order valence-electron chi connectivity index (χ0n) is 14.2. The number of hydrogen-bond acceptors (Lipinski definition) is 6. The number of likely N-dealkylation sites (tertiary alicyclic amines) is 1. The second kappa shape index (κ2) is 8.73. The summed E-state index contributed by atoms with van der Waals surface area (Å²) in [6.07, 6.45) is 0.952. The van der Waals surface area contributed by atoms with E-state index in [-0.39, 0.29) is 18.4 Å². The molecule has 0 radical (unpaired) electrons. The predicted molar refractivity (Wildman–Crippen MR) is 90.8 cm³/mol. The van der Waals surface area contributed by atoms with Gasteiger partial charge in [-0.15, -0.1) is 11.3 Å². The lowest BCUT2D eigenvalue weighted by Crippen LogP contribution is -2.47. The topological polar surface area (TPSA) is 65.9 Å². The summed E-state index contributed by atoms with van der Waals surface area (Å²) in [5, 5.41) is 12.3. The van der Waals surface area contributed by atoms with Gasteiger partial charge in [0.1, 0.15) is 5.69 Å². The molecule has 130 valence electrons. The molecule has 2 atom stereocenters. The molecule has 0 spiro atoms. The molecule has 0 unspecified atom stereocenters. The van der Waals surface area contributed by atoms with E-state index in [0.717, 1.165) is 31.1 Å². The van der Waals surface area contributed by atoms with Crippen LogP contribution in [0.1, 0.15) is 21.9 Å². The van der Waals surface area contributed by atoms with Gasteiger partial charge in [0, 0.05) is 45.3 Å². The maximum Gasteiger partial charge on any atom is 0.273 e. The van der Waals surface area contributed by atoms with Crippen LogP contribution in [-0.2, 0) is 4.74 Å². The Bertz CT molecular complexity index is 509. The zero-order valence-corrected chi connectivity index (χ0v) is 15.0. The Balaban J connectivity index is 1.98. The highest BCUT2D eigenvalue weighted by molar-refractivity contribution is 7.09. The van der Waals surface area contributed by atoms with Crippen LogP contribution in [0, 0.1) is 18.8 Å². The van der Waals surface area contributed by atoms with Gasteiger partial charge in [0.2, 0.25) is 0 Å². The lowest BCUT2D eigenvalue weighted by molar-refractivity contribution is 0.0446. The maximum absolute atomic E-state index is 12.6. The van der Waals surface area contributed by atoms with Crippen molar-refractivity contribution < 1.29 is 14.6 Å². The first kappa shape index (κ1) is 18.3. The number of piperidine rings is 1. The number of nitrogens with zero attached hydrogens (tertiary/aromatic N) is 3. The number of carbonyl (C=O) groups excluding carboxylic acids is 1. The number of aliphatic hydroxyl groups is 1. The van der Waals surface area contributed by atoms with E-state index < -0.39 is 0 Å². The fourth-order valence-electron chi connectivity index (χ4n) is 3.15. The van der Waals surface area contributed by atoms with Crippen LogP contribution in [0.25, 0.3) is 0 Å². The van der Waals surface area contributed by atoms with Gasteiger partial charge in [0.15, 0.2) is 0 Å². The first-order valence-electron chi connectivity index (χ1n) is 8.03. The minimum absolute atomic E-state index is 0.0166. The Kier molecular flexibility index (Phi) is 6.95. The third kappa shape index (κ3) is 5.24. The van der Waals surface area contributed by atoms with Crippen LogP contribution < -0.4 is 0 Å².